The van der Waals surface area contributed by atoms with E-state index in [1.165, 1.54) is 58.4 Å². The van der Waals surface area contributed by atoms with Gasteiger partial charge >= 0.3 is 0 Å². The van der Waals surface area contributed by atoms with Crippen LogP contribution in [-0.2, 0) is 0 Å². The number of para-hydroxylation sites is 1. The number of hydrogen-bond donors (Lipinski definition) is 0. The van der Waals surface area contributed by atoms with Crippen LogP contribution < -0.4 is 0 Å². The van der Waals surface area contributed by atoms with Crippen LogP contribution in [0.2, 0.25) is 0 Å². The fourth-order valence-electron chi connectivity index (χ4n) is 7.19. The van der Waals surface area contributed by atoms with Crippen molar-refractivity contribution in [3.8, 4) is 22.3 Å². The third kappa shape index (κ3) is 3.12. The molecule has 0 saturated carbocycles. The quantitative estimate of drug-likeness (QED) is 0.195. The van der Waals surface area contributed by atoms with Crippen LogP contribution in [0.1, 0.15) is 0 Å². The zero-order valence-corrected chi connectivity index (χ0v) is 23.7. The molecule has 0 spiro atoms. The number of furan rings is 2. The van der Waals surface area contributed by atoms with Crippen molar-refractivity contribution in [1.29, 1.82) is 0 Å². The maximum Gasteiger partial charge on any atom is 0.146 e. The predicted octanol–water partition coefficient (Wildman–Crippen LogP) is 12.3. The molecule has 43 heavy (non-hydrogen) atoms. The Morgan fingerprint density at radius 3 is 1.77 bits per heavy atom. The van der Waals surface area contributed by atoms with E-state index in [9.17, 15) is 0 Å². The SMILES string of the molecule is c1ccc2c(c1)oc1c3ccoc3c(-c3c4ccccc4c(-c4cccc5sc6ccccc6c45)c4ccccc34)cc21. The Labute approximate surface area is 250 Å². The third-order valence-electron chi connectivity index (χ3n) is 8.95. The molecule has 3 heteroatoms. The zero-order valence-electron chi connectivity index (χ0n) is 22.9. The number of hydrogen-bond acceptors (Lipinski definition) is 3. The van der Waals surface area contributed by atoms with Gasteiger partial charge in [-0.25, -0.2) is 0 Å². The molecule has 0 N–H and O–H groups in total. The summed E-state index contributed by atoms with van der Waals surface area (Å²) in [5.41, 5.74) is 7.42. The van der Waals surface area contributed by atoms with Gasteiger partial charge in [-0.2, -0.15) is 0 Å². The smallest absolute Gasteiger partial charge is 0.146 e. The molecule has 3 heterocycles. The van der Waals surface area contributed by atoms with Gasteiger partial charge in [0.15, 0.2) is 0 Å². The highest BCUT2D eigenvalue weighted by Gasteiger charge is 2.23. The molecule has 7 aromatic carbocycles. The fraction of sp³-hybridized carbons (Fsp3) is 0. The monoisotopic (exact) mass is 566 g/mol. The van der Waals surface area contributed by atoms with Crippen molar-refractivity contribution in [2.45, 2.75) is 0 Å². The lowest BCUT2D eigenvalue weighted by Crippen LogP contribution is -1.91. The molecule has 0 atom stereocenters. The van der Waals surface area contributed by atoms with Crippen LogP contribution in [0.3, 0.4) is 0 Å². The largest absolute Gasteiger partial charge is 0.464 e. The van der Waals surface area contributed by atoms with Gasteiger partial charge in [-0.15, -0.1) is 11.3 Å². The molecule has 0 saturated heterocycles. The maximum atomic E-state index is 6.38. The molecule has 0 unspecified atom stereocenters. The molecule has 0 amide bonds. The molecule has 10 rings (SSSR count). The van der Waals surface area contributed by atoms with Crippen LogP contribution in [0.4, 0.5) is 0 Å². The second kappa shape index (κ2) is 8.57. The summed E-state index contributed by atoms with van der Waals surface area (Å²) >= 11 is 1.87. The van der Waals surface area contributed by atoms with Gasteiger partial charge in [0.1, 0.15) is 16.7 Å². The minimum Gasteiger partial charge on any atom is -0.464 e. The van der Waals surface area contributed by atoms with Crippen LogP contribution >= 0.6 is 11.3 Å². The first-order chi connectivity index (χ1) is 21.3. The molecule has 0 fully saturated rings. The molecule has 10 aromatic rings. The van der Waals surface area contributed by atoms with E-state index in [4.69, 9.17) is 8.83 Å². The van der Waals surface area contributed by atoms with E-state index >= 15 is 0 Å². The molecular formula is C40H22O2S. The van der Waals surface area contributed by atoms with Crippen LogP contribution in [0.15, 0.2) is 142 Å². The highest BCUT2D eigenvalue weighted by molar-refractivity contribution is 7.25. The van der Waals surface area contributed by atoms with Crippen molar-refractivity contribution >= 4 is 86.0 Å². The van der Waals surface area contributed by atoms with Crippen LogP contribution in [0, 0.1) is 0 Å². The normalized spacial score (nSPS) is 12.2. The van der Waals surface area contributed by atoms with Crippen LogP contribution in [0.25, 0.3) is 96.9 Å². The topological polar surface area (TPSA) is 26.3 Å². The molecule has 2 nitrogen and oxygen atoms in total. The van der Waals surface area contributed by atoms with E-state index < -0.39 is 0 Å². The summed E-state index contributed by atoms with van der Waals surface area (Å²) < 4.78 is 15.3. The van der Waals surface area contributed by atoms with Gasteiger partial charge in [0.05, 0.1) is 11.6 Å². The summed E-state index contributed by atoms with van der Waals surface area (Å²) in [5.74, 6) is 0. The second-order valence-electron chi connectivity index (χ2n) is 11.2. The van der Waals surface area contributed by atoms with Crippen molar-refractivity contribution in [2.24, 2.45) is 0 Å². The molecule has 0 aliphatic rings. The first-order valence-corrected chi connectivity index (χ1v) is 15.3. The summed E-state index contributed by atoms with van der Waals surface area (Å²) in [4.78, 5) is 0. The van der Waals surface area contributed by atoms with Crippen LogP contribution in [0.5, 0.6) is 0 Å². The standard InChI is InChI=1S/C40H22O2S/c1-3-13-26-24(11-1)36(29-16-9-19-35-38(29)28-15-6-8-18-34(28)43-35)25-12-2-4-14-27(25)37(26)32-22-31-23-10-5-7-17-33(23)42-40(31)30-20-21-41-39(30)32/h1-22H. The van der Waals surface area contributed by atoms with Crippen molar-refractivity contribution in [3.63, 3.8) is 0 Å². The Hall–Kier alpha value is -5.38. The minimum absolute atomic E-state index is 0.848. The zero-order chi connectivity index (χ0) is 28.1. The highest BCUT2D eigenvalue weighted by atomic mass is 32.1. The Bertz CT molecular complexity index is 2680. The summed E-state index contributed by atoms with van der Waals surface area (Å²) in [6, 6.07) is 45.8. The fourth-order valence-corrected chi connectivity index (χ4v) is 8.32. The predicted molar refractivity (Wildman–Crippen MR) is 182 cm³/mol. The second-order valence-corrected chi connectivity index (χ2v) is 12.3. The Morgan fingerprint density at radius 1 is 0.419 bits per heavy atom. The molecule has 0 aliphatic heterocycles. The van der Waals surface area contributed by atoms with Gasteiger partial charge in [0.25, 0.3) is 0 Å². The van der Waals surface area contributed by atoms with Gasteiger partial charge in [-0.05, 0) is 63.0 Å². The van der Waals surface area contributed by atoms with Gasteiger partial charge < -0.3 is 8.83 Å². The third-order valence-corrected chi connectivity index (χ3v) is 10.1. The molecule has 0 bridgehead atoms. The van der Waals surface area contributed by atoms with E-state index in [1.54, 1.807) is 6.26 Å². The number of rotatable bonds is 2. The Kier molecular flexibility index (Phi) is 4.63. The van der Waals surface area contributed by atoms with Crippen molar-refractivity contribution in [2.75, 3.05) is 0 Å². The van der Waals surface area contributed by atoms with Gasteiger partial charge in [-0.3, -0.25) is 0 Å². The lowest BCUT2D eigenvalue weighted by Gasteiger charge is -2.18. The lowest BCUT2D eigenvalue weighted by molar-refractivity contribution is 0.616. The van der Waals surface area contributed by atoms with E-state index in [0.717, 1.165) is 38.5 Å². The number of thiophene rings is 1. The van der Waals surface area contributed by atoms with E-state index in [1.807, 2.05) is 29.5 Å². The summed E-state index contributed by atoms with van der Waals surface area (Å²) in [5, 5.41) is 10.7. The van der Waals surface area contributed by atoms with Gasteiger partial charge in [0.2, 0.25) is 0 Å². The summed E-state index contributed by atoms with van der Waals surface area (Å²) in [7, 11) is 0. The Balaban J connectivity index is 1.40. The van der Waals surface area contributed by atoms with Gasteiger partial charge in [0, 0.05) is 42.1 Å². The average Bonchev–Trinajstić information content (AvgIpc) is 3.79. The highest BCUT2D eigenvalue weighted by Crippen LogP contribution is 2.50. The first kappa shape index (κ1) is 23.2. The van der Waals surface area contributed by atoms with Crippen LogP contribution in [-0.4, -0.2) is 0 Å². The summed E-state index contributed by atoms with van der Waals surface area (Å²) in [6.45, 7) is 0. The maximum absolute atomic E-state index is 6.38. The van der Waals surface area contributed by atoms with Crippen molar-refractivity contribution < 1.29 is 8.83 Å². The van der Waals surface area contributed by atoms with E-state index in [-0.39, 0.29) is 0 Å². The van der Waals surface area contributed by atoms with E-state index in [0.29, 0.717) is 0 Å². The van der Waals surface area contributed by atoms with E-state index in [2.05, 4.69) is 109 Å². The van der Waals surface area contributed by atoms with Crippen molar-refractivity contribution in [1.82, 2.24) is 0 Å². The molecule has 0 aliphatic carbocycles. The Morgan fingerprint density at radius 2 is 1.02 bits per heavy atom. The molecule has 3 aromatic heterocycles. The first-order valence-electron chi connectivity index (χ1n) is 14.5. The molecular weight excluding hydrogens is 545 g/mol. The van der Waals surface area contributed by atoms with Gasteiger partial charge in [-0.1, -0.05) is 97.1 Å². The minimum atomic E-state index is 0.848. The number of fused-ring (bicyclic) bond motifs is 10. The number of benzene rings is 7. The average molecular weight is 567 g/mol. The lowest BCUT2D eigenvalue weighted by atomic mass is 9.84. The molecule has 0 radical (unpaired) electrons. The van der Waals surface area contributed by atoms with Crippen molar-refractivity contribution in [3.05, 3.63) is 134 Å². The summed E-state index contributed by atoms with van der Waals surface area (Å²) in [6.07, 6.45) is 1.78. The molecule has 200 valence electrons.